The van der Waals surface area contributed by atoms with Gasteiger partial charge in [0.25, 0.3) is 0 Å². The molecule has 4 rings (SSSR count). The van der Waals surface area contributed by atoms with Crippen molar-refractivity contribution in [3.8, 4) is 0 Å². The molecule has 3 aliphatic carbocycles. The standard InChI is InChI=1S/C19H26N2O/c1-19(2)8-7-15-9-16(12-22)18(20-17(15)19)21(10-13-3-4-13)11-14-5-6-14/h9,12-14H,3-8,10-11H2,1-2H3. The predicted molar refractivity (Wildman–Crippen MR) is 88.6 cm³/mol. The van der Waals surface area contributed by atoms with Gasteiger partial charge in [0.15, 0.2) is 6.29 Å². The zero-order valence-electron chi connectivity index (χ0n) is 13.8. The molecule has 2 saturated carbocycles. The van der Waals surface area contributed by atoms with Gasteiger partial charge in [-0.1, -0.05) is 13.8 Å². The van der Waals surface area contributed by atoms with Crippen molar-refractivity contribution in [2.45, 2.75) is 57.8 Å². The molecule has 3 nitrogen and oxygen atoms in total. The summed E-state index contributed by atoms with van der Waals surface area (Å²) in [6, 6.07) is 2.12. The molecule has 0 spiro atoms. The average Bonchev–Trinajstić information content (AvgIpc) is 3.40. The Labute approximate surface area is 133 Å². The Kier molecular flexibility index (Phi) is 3.28. The molecule has 1 aromatic rings. The molecule has 0 unspecified atom stereocenters. The highest BCUT2D eigenvalue weighted by Gasteiger charge is 2.35. The normalized spacial score (nSPS) is 22.5. The van der Waals surface area contributed by atoms with Crippen LogP contribution in [-0.4, -0.2) is 24.4 Å². The van der Waals surface area contributed by atoms with Crippen molar-refractivity contribution < 1.29 is 4.79 Å². The summed E-state index contributed by atoms with van der Waals surface area (Å²) in [6.07, 6.45) is 8.58. The number of aromatic nitrogens is 1. The zero-order valence-corrected chi connectivity index (χ0v) is 13.8. The van der Waals surface area contributed by atoms with E-state index in [2.05, 4.69) is 24.8 Å². The lowest BCUT2D eigenvalue weighted by Crippen LogP contribution is -2.31. The number of aryl methyl sites for hydroxylation is 1. The van der Waals surface area contributed by atoms with E-state index in [-0.39, 0.29) is 5.41 Å². The Balaban J connectivity index is 1.72. The Morgan fingerprint density at radius 1 is 1.23 bits per heavy atom. The fourth-order valence-corrected chi connectivity index (χ4v) is 3.72. The third kappa shape index (κ3) is 2.66. The Morgan fingerprint density at radius 2 is 1.86 bits per heavy atom. The second-order valence-electron chi connectivity index (χ2n) is 8.20. The molecule has 0 atom stereocenters. The molecule has 0 N–H and O–H groups in total. The van der Waals surface area contributed by atoms with Crippen molar-refractivity contribution in [3.63, 3.8) is 0 Å². The number of aldehydes is 1. The molecule has 0 saturated heterocycles. The highest BCUT2D eigenvalue weighted by atomic mass is 16.1. The van der Waals surface area contributed by atoms with Crippen LogP contribution in [-0.2, 0) is 11.8 Å². The van der Waals surface area contributed by atoms with Crippen molar-refractivity contribution in [3.05, 3.63) is 22.9 Å². The second-order valence-corrected chi connectivity index (χ2v) is 8.20. The quantitative estimate of drug-likeness (QED) is 0.750. The van der Waals surface area contributed by atoms with Gasteiger partial charge in [0.05, 0.1) is 11.3 Å². The van der Waals surface area contributed by atoms with E-state index in [1.807, 2.05) is 0 Å². The van der Waals surface area contributed by atoms with Gasteiger partial charge in [-0.25, -0.2) is 4.98 Å². The van der Waals surface area contributed by atoms with E-state index in [4.69, 9.17) is 4.98 Å². The summed E-state index contributed by atoms with van der Waals surface area (Å²) in [5, 5.41) is 0. The van der Waals surface area contributed by atoms with Crippen LogP contribution in [0.4, 0.5) is 5.82 Å². The van der Waals surface area contributed by atoms with Gasteiger partial charge in [0.1, 0.15) is 5.82 Å². The first kappa shape index (κ1) is 14.2. The lowest BCUT2D eigenvalue weighted by Gasteiger charge is -2.27. The van der Waals surface area contributed by atoms with Crippen LogP contribution in [0.5, 0.6) is 0 Å². The SMILES string of the molecule is CC1(C)CCc2cc(C=O)c(N(CC3CC3)CC3CC3)nc21. The summed E-state index contributed by atoms with van der Waals surface area (Å²) < 4.78 is 0. The van der Waals surface area contributed by atoms with Crippen LogP contribution in [0.15, 0.2) is 6.07 Å². The molecule has 3 heteroatoms. The topological polar surface area (TPSA) is 33.2 Å². The molecule has 0 aliphatic heterocycles. The van der Waals surface area contributed by atoms with Crippen LogP contribution in [0.3, 0.4) is 0 Å². The lowest BCUT2D eigenvalue weighted by atomic mass is 9.90. The van der Waals surface area contributed by atoms with Gasteiger partial charge in [0, 0.05) is 18.5 Å². The van der Waals surface area contributed by atoms with E-state index >= 15 is 0 Å². The molecule has 0 radical (unpaired) electrons. The van der Waals surface area contributed by atoms with Crippen LogP contribution in [0, 0.1) is 11.8 Å². The predicted octanol–water partition coefficient (Wildman–Crippen LogP) is 3.74. The maximum absolute atomic E-state index is 11.6. The van der Waals surface area contributed by atoms with Crippen molar-refractivity contribution >= 4 is 12.1 Å². The minimum atomic E-state index is 0.149. The Hall–Kier alpha value is -1.38. The minimum Gasteiger partial charge on any atom is -0.355 e. The minimum absolute atomic E-state index is 0.149. The van der Waals surface area contributed by atoms with Crippen molar-refractivity contribution in [1.82, 2.24) is 4.98 Å². The number of hydrogen-bond donors (Lipinski definition) is 0. The molecule has 22 heavy (non-hydrogen) atoms. The van der Waals surface area contributed by atoms with Gasteiger partial charge in [0.2, 0.25) is 0 Å². The van der Waals surface area contributed by atoms with E-state index in [1.165, 1.54) is 36.9 Å². The van der Waals surface area contributed by atoms with Crippen LogP contribution in [0.2, 0.25) is 0 Å². The number of fused-ring (bicyclic) bond motifs is 1. The largest absolute Gasteiger partial charge is 0.355 e. The van der Waals surface area contributed by atoms with E-state index in [1.54, 1.807) is 0 Å². The van der Waals surface area contributed by atoms with Crippen molar-refractivity contribution in [2.75, 3.05) is 18.0 Å². The van der Waals surface area contributed by atoms with Gasteiger partial charge >= 0.3 is 0 Å². The van der Waals surface area contributed by atoms with Gasteiger partial charge in [-0.2, -0.15) is 0 Å². The summed E-state index contributed by atoms with van der Waals surface area (Å²) in [7, 11) is 0. The van der Waals surface area contributed by atoms with Gasteiger partial charge in [-0.05, 0) is 62.0 Å². The number of anilines is 1. The number of carbonyl (C=O) groups is 1. The highest BCUT2D eigenvalue weighted by molar-refractivity contribution is 5.83. The molecular formula is C19H26N2O. The van der Waals surface area contributed by atoms with Gasteiger partial charge in [-0.15, -0.1) is 0 Å². The number of rotatable bonds is 6. The molecular weight excluding hydrogens is 272 g/mol. The van der Waals surface area contributed by atoms with E-state index < -0.39 is 0 Å². The number of nitrogens with zero attached hydrogens (tertiary/aromatic N) is 2. The maximum atomic E-state index is 11.6. The first-order valence-electron chi connectivity index (χ1n) is 8.81. The molecule has 3 aliphatic rings. The van der Waals surface area contributed by atoms with Crippen LogP contribution >= 0.6 is 0 Å². The van der Waals surface area contributed by atoms with Gasteiger partial charge < -0.3 is 4.90 Å². The van der Waals surface area contributed by atoms with Crippen molar-refractivity contribution in [1.29, 1.82) is 0 Å². The molecule has 0 amide bonds. The molecule has 0 aromatic carbocycles. The molecule has 1 heterocycles. The van der Waals surface area contributed by atoms with Crippen LogP contribution in [0.1, 0.15) is 67.6 Å². The Morgan fingerprint density at radius 3 is 2.41 bits per heavy atom. The summed E-state index contributed by atoms with van der Waals surface area (Å²) in [5.41, 5.74) is 3.46. The molecule has 1 aromatic heterocycles. The maximum Gasteiger partial charge on any atom is 0.153 e. The number of hydrogen-bond acceptors (Lipinski definition) is 3. The average molecular weight is 298 g/mol. The van der Waals surface area contributed by atoms with E-state index in [9.17, 15) is 4.79 Å². The second kappa shape index (κ2) is 5.07. The van der Waals surface area contributed by atoms with Crippen molar-refractivity contribution in [2.24, 2.45) is 11.8 Å². The first-order chi connectivity index (χ1) is 10.6. The fourth-order valence-electron chi connectivity index (χ4n) is 3.72. The van der Waals surface area contributed by atoms with E-state index in [0.29, 0.717) is 0 Å². The molecule has 2 fully saturated rings. The lowest BCUT2D eigenvalue weighted by molar-refractivity contribution is 0.112. The smallest absolute Gasteiger partial charge is 0.153 e. The van der Waals surface area contributed by atoms with E-state index in [0.717, 1.165) is 55.4 Å². The first-order valence-corrected chi connectivity index (χ1v) is 8.81. The van der Waals surface area contributed by atoms with Crippen LogP contribution < -0.4 is 4.90 Å². The third-order valence-corrected chi connectivity index (χ3v) is 5.55. The fraction of sp³-hybridized carbons (Fsp3) is 0.684. The summed E-state index contributed by atoms with van der Waals surface area (Å²) in [5.74, 6) is 2.60. The molecule has 0 bridgehead atoms. The van der Waals surface area contributed by atoms with Gasteiger partial charge in [-0.3, -0.25) is 4.79 Å². The highest BCUT2D eigenvalue weighted by Crippen LogP contribution is 2.41. The number of carbonyl (C=O) groups excluding carboxylic acids is 1. The number of pyridine rings is 1. The monoisotopic (exact) mass is 298 g/mol. The summed E-state index contributed by atoms with van der Waals surface area (Å²) in [4.78, 5) is 19.1. The molecule has 118 valence electrons. The third-order valence-electron chi connectivity index (χ3n) is 5.55. The Bertz CT molecular complexity index is 586. The zero-order chi connectivity index (χ0) is 15.3. The summed E-state index contributed by atoms with van der Waals surface area (Å²) >= 11 is 0. The summed E-state index contributed by atoms with van der Waals surface area (Å²) in [6.45, 7) is 6.73. The van der Waals surface area contributed by atoms with Crippen LogP contribution in [0.25, 0.3) is 0 Å².